The zero-order valence-corrected chi connectivity index (χ0v) is 17.0. The highest BCUT2D eigenvalue weighted by Gasteiger charge is 2.40. The highest BCUT2D eigenvalue weighted by Crippen LogP contribution is 2.41. The lowest BCUT2D eigenvalue weighted by molar-refractivity contribution is -0.136. The Morgan fingerprint density at radius 3 is 2.48 bits per heavy atom. The number of allylic oxidation sites excluding steroid dienone is 1. The molecule has 10 heteroatoms. The third-order valence-corrected chi connectivity index (χ3v) is 4.92. The van der Waals surface area contributed by atoms with Gasteiger partial charge in [0.25, 0.3) is 0 Å². The summed E-state index contributed by atoms with van der Waals surface area (Å²) in [6.45, 7) is 0. The number of nitrogens with zero attached hydrogens (tertiary/aromatic N) is 4. The molecule has 0 amide bonds. The smallest absolute Gasteiger partial charge is 0.355 e. The van der Waals surface area contributed by atoms with Crippen molar-refractivity contribution in [2.24, 2.45) is 0 Å². The van der Waals surface area contributed by atoms with Gasteiger partial charge >= 0.3 is 5.97 Å². The number of ether oxygens (including phenoxy) is 3. The fraction of sp³-hybridized carbons (Fsp3) is 0.190. The highest BCUT2D eigenvalue weighted by atomic mass is 16.5. The molecule has 0 radical (unpaired) electrons. The summed E-state index contributed by atoms with van der Waals surface area (Å²) in [6, 6.07) is 12.9. The van der Waals surface area contributed by atoms with Crippen LogP contribution in [-0.4, -0.2) is 53.3 Å². The van der Waals surface area contributed by atoms with Crippen molar-refractivity contribution >= 4 is 17.7 Å². The molecule has 4 rings (SSSR count). The van der Waals surface area contributed by atoms with Crippen LogP contribution in [0.15, 0.2) is 59.8 Å². The predicted octanol–water partition coefficient (Wildman–Crippen LogP) is 2.02. The van der Waals surface area contributed by atoms with Crippen molar-refractivity contribution in [1.82, 2.24) is 20.2 Å². The van der Waals surface area contributed by atoms with Crippen LogP contribution in [0.3, 0.4) is 0 Å². The minimum atomic E-state index is -0.877. The van der Waals surface area contributed by atoms with E-state index >= 15 is 0 Å². The molecule has 10 nitrogen and oxygen atoms in total. The Labute approximate surface area is 177 Å². The van der Waals surface area contributed by atoms with Crippen LogP contribution in [0.1, 0.15) is 22.0 Å². The number of carbonyl (C=O) groups excluding carboxylic acids is 2. The average molecular weight is 421 g/mol. The van der Waals surface area contributed by atoms with Gasteiger partial charge in [0.05, 0.1) is 26.9 Å². The summed E-state index contributed by atoms with van der Waals surface area (Å²) >= 11 is 0. The molecule has 0 bridgehead atoms. The molecule has 2 heterocycles. The molecule has 0 spiro atoms. The quantitative estimate of drug-likeness (QED) is 0.471. The number of fused-ring (bicyclic) bond motifs is 1. The zero-order valence-electron chi connectivity index (χ0n) is 17.0. The van der Waals surface area contributed by atoms with Crippen molar-refractivity contribution in [3.8, 4) is 11.5 Å². The first-order chi connectivity index (χ1) is 15.1. The van der Waals surface area contributed by atoms with Crippen LogP contribution >= 0.6 is 0 Å². The van der Waals surface area contributed by atoms with E-state index in [1.54, 1.807) is 48.5 Å². The molecule has 0 unspecified atom stereocenters. The maximum Gasteiger partial charge on any atom is 0.355 e. The Morgan fingerprint density at radius 1 is 1.03 bits per heavy atom. The summed E-state index contributed by atoms with van der Waals surface area (Å²) in [5.74, 6) is 0.0802. The number of aromatic nitrogens is 4. The number of ketones is 1. The predicted molar refractivity (Wildman–Crippen MR) is 109 cm³/mol. The van der Waals surface area contributed by atoms with Crippen LogP contribution in [0.25, 0.3) is 0 Å². The SMILES string of the molecule is COC(=O)C1=C(C(=O)c2ccccc2)[C@H](c2cc(OC)ccc2OC)n2nnnc2N1. The highest BCUT2D eigenvalue weighted by molar-refractivity contribution is 6.15. The summed E-state index contributed by atoms with van der Waals surface area (Å²) in [5.41, 5.74) is 1.000. The largest absolute Gasteiger partial charge is 0.497 e. The van der Waals surface area contributed by atoms with E-state index in [1.807, 2.05) is 0 Å². The second-order valence-electron chi connectivity index (χ2n) is 6.56. The fourth-order valence-corrected chi connectivity index (χ4v) is 3.47. The Bertz CT molecular complexity index is 1170. The van der Waals surface area contributed by atoms with Crippen LogP contribution < -0.4 is 14.8 Å². The second kappa shape index (κ2) is 8.27. The number of benzene rings is 2. The number of rotatable bonds is 6. The molecule has 1 N–H and O–H groups in total. The van der Waals surface area contributed by atoms with E-state index in [4.69, 9.17) is 14.2 Å². The van der Waals surface area contributed by atoms with Crippen molar-refractivity contribution in [3.63, 3.8) is 0 Å². The van der Waals surface area contributed by atoms with E-state index < -0.39 is 12.0 Å². The van der Waals surface area contributed by atoms with Crippen molar-refractivity contribution in [3.05, 3.63) is 70.9 Å². The Hall–Kier alpha value is -4.21. The molecule has 0 saturated heterocycles. The number of methoxy groups -OCH3 is 3. The standard InChI is InChI=1S/C21H19N5O5/c1-29-13-9-10-15(30-2)14(11-13)18-16(19(27)12-7-5-4-6-8-12)17(20(28)31-3)22-21-23-24-25-26(18)21/h4-11,18H,1-3H3,(H,22,23,25)/t18-/m0/s1. The van der Waals surface area contributed by atoms with E-state index in [9.17, 15) is 9.59 Å². The van der Waals surface area contributed by atoms with Crippen molar-refractivity contribution in [2.75, 3.05) is 26.6 Å². The molecular formula is C21H19N5O5. The Kier molecular flexibility index (Phi) is 5.35. The maximum atomic E-state index is 13.6. The summed E-state index contributed by atoms with van der Waals surface area (Å²) in [5, 5.41) is 14.5. The number of carbonyl (C=O) groups is 2. The fourth-order valence-electron chi connectivity index (χ4n) is 3.47. The van der Waals surface area contributed by atoms with Gasteiger partial charge in [0.2, 0.25) is 5.95 Å². The van der Waals surface area contributed by atoms with Gasteiger partial charge in [0.15, 0.2) is 5.78 Å². The van der Waals surface area contributed by atoms with Gasteiger partial charge in [-0.1, -0.05) is 35.4 Å². The third-order valence-electron chi connectivity index (χ3n) is 4.92. The van der Waals surface area contributed by atoms with Crippen LogP contribution in [0.4, 0.5) is 5.95 Å². The molecule has 1 atom stereocenters. The van der Waals surface area contributed by atoms with Gasteiger partial charge in [-0.05, 0) is 28.6 Å². The molecule has 158 valence electrons. The van der Waals surface area contributed by atoms with Crippen molar-refractivity contribution in [1.29, 1.82) is 0 Å². The molecule has 0 saturated carbocycles. The molecule has 31 heavy (non-hydrogen) atoms. The molecule has 1 aliphatic heterocycles. The lowest BCUT2D eigenvalue weighted by Gasteiger charge is -2.29. The lowest BCUT2D eigenvalue weighted by Crippen LogP contribution is -2.33. The van der Waals surface area contributed by atoms with Crippen molar-refractivity contribution in [2.45, 2.75) is 6.04 Å². The van der Waals surface area contributed by atoms with Crippen LogP contribution in [0, 0.1) is 0 Å². The maximum absolute atomic E-state index is 13.6. The van der Waals surface area contributed by atoms with Gasteiger partial charge in [0.1, 0.15) is 23.2 Å². The van der Waals surface area contributed by atoms with E-state index in [1.165, 1.54) is 26.0 Å². The van der Waals surface area contributed by atoms with E-state index in [-0.39, 0.29) is 23.0 Å². The monoisotopic (exact) mass is 421 g/mol. The Morgan fingerprint density at radius 2 is 1.81 bits per heavy atom. The summed E-state index contributed by atoms with van der Waals surface area (Å²) in [7, 11) is 4.28. The second-order valence-corrected chi connectivity index (χ2v) is 6.56. The lowest BCUT2D eigenvalue weighted by atomic mass is 9.89. The summed E-state index contributed by atoms with van der Waals surface area (Å²) < 4.78 is 17.3. The third kappa shape index (κ3) is 3.48. The van der Waals surface area contributed by atoms with Gasteiger partial charge in [-0.15, -0.1) is 0 Å². The van der Waals surface area contributed by atoms with E-state index in [0.717, 1.165) is 0 Å². The van der Waals surface area contributed by atoms with Gasteiger partial charge in [0, 0.05) is 11.1 Å². The summed E-state index contributed by atoms with van der Waals surface area (Å²) in [4.78, 5) is 26.3. The molecule has 0 aliphatic carbocycles. The van der Waals surface area contributed by atoms with Crippen LogP contribution in [0.2, 0.25) is 0 Å². The Balaban J connectivity index is 2.01. The van der Waals surface area contributed by atoms with Gasteiger partial charge in [-0.3, -0.25) is 4.79 Å². The zero-order chi connectivity index (χ0) is 22.0. The number of nitrogens with one attached hydrogen (secondary N) is 1. The molecule has 3 aromatic rings. The molecule has 0 fully saturated rings. The van der Waals surface area contributed by atoms with Gasteiger partial charge < -0.3 is 19.5 Å². The molecule has 1 aliphatic rings. The minimum Gasteiger partial charge on any atom is -0.497 e. The topological polar surface area (TPSA) is 117 Å². The first-order valence-corrected chi connectivity index (χ1v) is 9.28. The normalized spacial score (nSPS) is 15.0. The number of anilines is 1. The van der Waals surface area contributed by atoms with Gasteiger partial charge in [-0.2, -0.15) is 4.68 Å². The molecule has 2 aromatic carbocycles. The van der Waals surface area contributed by atoms with E-state index in [0.29, 0.717) is 22.6 Å². The van der Waals surface area contributed by atoms with Gasteiger partial charge in [-0.25, -0.2) is 4.79 Å². The number of hydrogen-bond acceptors (Lipinski definition) is 9. The number of hydrogen-bond donors (Lipinski definition) is 1. The summed E-state index contributed by atoms with van der Waals surface area (Å²) in [6.07, 6.45) is 0. The average Bonchev–Trinajstić information content (AvgIpc) is 3.30. The van der Waals surface area contributed by atoms with Crippen molar-refractivity contribution < 1.29 is 23.8 Å². The molecule has 1 aromatic heterocycles. The minimum absolute atomic E-state index is 0.0477. The van der Waals surface area contributed by atoms with Crippen LogP contribution in [-0.2, 0) is 9.53 Å². The number of esters is 1. The first-order valence-electron chi connectivity index (χ1n) is 9.28. The first kappa shape index (κ1) is 20.1. The number of tetrazole rings is 1. The number of Topliss-reactive ketones (excluding diaryl/α,β-unsaturated/α-hetero) is 1. The van der Waals surface area contributed by atoms with E-state index in [2.05, 4.69) is 20.8 Å². The van der Waals surface area contributed by atoms with Crippen LogP contribution in [0.5, 0.6) is 11.5 Å². The molecular weight excluding hydrogens is 402 g/mol.